The van der Waals surface area contributed by atoms with Gasteiger partial charge >= 0.3 is 0 Å². The molecule has 0 bridgehead atoms. The van der Waals surface area contributed by atoms with E-state index in [1.807, 2.05) is 30.7 Å². The molecule has 1 aromatic carbocycles. The van der Waals surface area contributed by atoms with Crippen molar-refractivity contribution in [3.63, 3.8) is 0 Å². The Labute approximate surface area is 202 Å². The molecule has 0 amide bonds. The normalized spacial score (nSPS) is 14.7. The predicted octanol–water partition coefficient (Wildman–Crippen LogP) is 3.92. The van der Waals surface area contributed by atoms with Gasteiger partial charge in [0.2, 0.25) is 5.75 Å². The Hall–Kier alpha value is -3.16. The molecule has 0 spiro atoms. The van der Waals surface area contributed by atoms with E-state index in [9.17, 15) is 0 Å². The van der Waals surface area contributed by atoms with Gasteiger partial charge in [-0.3, -0.25) is 14.9 Å². The lowest BCUT2D eigenvalue weighted by molar-refractivity contribution is 0.126. The van der Waals surface area contributed by atoms with Gasteiger partial charge in [-0.2, -0.15) is 0 Å². The zero-order valence-electron chi connectivity index (χ0n) is 20.4. The fourth-order valence-corrected chi connectivity index (χ4v) is 4.44. The Morgan fingerprint density at radius 1 is 0.765 bits per heavy atom. The number of ether oxygens (including phenoxy) is 3. The summed E-state index contributed by atoms with van der Waals surface area (Å²) in [5, 5.41) is 0. The number of hydrogen-bond acceptors (Lipinski definition) is 7. The van der Waals surface area contributed by atoms with E-state index in [4.69, 9.17) is 14.2 Å². The number of aryl methyl sites for hydroxylation is 1. The molecule has 0 unspecified atom stereocenters. The molecule has 3 heterocycles. The van der Waals surface area contributed by atoms with E-state index in [1.165, 1.54) is 17.5 Å². The van der Waals surface area contributed by atoms with Crippen LogP contribution in [-0.4, -0.2) is 73.8 Å². The van der Waals surface area contributed by atoms with Gasteiger partial charge in [-0.15, -0.1) is 0 Å². The highest BCUT2D eigenvalue weighted by atomic mass is 16.5. The maximum Gasteiger partial charge on any atom is 0.203 e. The highest BCUT2D eigenvalue weighted by molar-refractivity contribution is 5.69. The molecule has 7 nitrogen and oxygen atoms in total. The number of methoxy groups -OCH3 is 3. The van der Waals surface area contributed by atoms with E-state index in [-0.39, 0.29) is 0 Å². The van der Waals surface area contributed by atoms with Crippen LogP contribution in [0.5, 0.6) is 17.2 Å². The molecule has 3 aromatic rings. The molecule has 0 atom stereocenters. The van der Waals surface area contributed by atoms with Gasteiger partial charge < -0.3 is 19.1 Å². The van der Waals surface area contributed by atoms with Gasteiger partial charge in [0, 0.05) is 56.9 Å². The van der Waals surface area contributed by atoms with Crippen LogP contribution >= 0.6 is 0 Å². The quantitative estimate of drug-likeness (QED) is 0.453. The molecule has 1 aliphatic rings. The summed E-state index contributed by atoms with van der Waals surface area (Å²) in [6.07, 6.45) is 7.93. The third kappa shape index (κ3) is 6.04. The number of pyridine rings is 2. The van der Waals surface area contributed by atoms with Crippen molar-refractivity contribution in [3.8, 4) is 28.5 Å². The monoisotopic (exact) mass is 462 g/mol. The second-order valence-corrected chi connectivity index (χ2v) is 8.54. The van der Waals surface area contributed by atoms with Crippen LogP contribution in [-0.2, 0) is 13.0 Å². The van der Waals surface area contributed by atoms with Gasteiger partial charge in [-0.25, -0.2) is 0 Å². The lowest BCUT2D eigenvalue weighted by atomic mass is 10.1. The second kappa shape index (κ2) is 11.8. The molecule has 0 aliphatic carbocycles. The van der Waals surface area contributed by atoms with Crippen molar-refractivity contribution < 1.29 is 14.2 Å². The molecule has 1 saturated heterocycles. The highest BCUT2D eigenvalue weighted by Crippen LogP contribution is 2.40. The minimum Gasteiger partial charge on any atom is -0.493 e. The van der Waals surface area contributed by atoms with Crippen molar-refractivity contribution in [2.45, 2.75) is 19.4 Å². The van der Waals surface area contributed by atoms with Crippen LogP contribution in [0.1, 0.15) is 17.5 Å². The van der Waals surface area contributed by atoms with Gasteiger partial charge in [0.25, 0.3) is 0 Å². The molecule has 1 fully saturated rings. The van der Waals surface area contributed by atoms with Gasteiger partial charge in [0.05, 0.1) is 27.0 Å². The van der Waals surface area contributed by atoms with Crippen molar-refractivity contribution in [2.75, 3.05) is 54.1 Å². The SMILES string of the molecule is COc1cc(-c2cc(CN3CCN(CCCc4ccncc4)CC3)ccn2)cc(OC)c1OC. The average molecular weight is 463 g/mol. The summed E-state index contributed by atoms with van der Waals surface area (Å²) < 4.78 is 16.5. The van der Waals surface area contributed by atoms with Gasteiger partial charge in [-0.1, -0.05) is 0 Å². The minimum absolute atomic E-state index is 0.587. The maximum absolute atomic E-state index is 5.51. The standard InChI is InChI=1S/C27H34N4O3/c1-32-25-18-23(19-26(33-2)27(25)34-3)24-17-22(8-11-29-24)20-31-15-13-30(14-16-31)12-4-5-21-6-9-28-10-7-21/h6-11,17-19H,4-5,12-16,20H2,1-3H3. The molecule has 7 heteroatoms. The van der Waals surface area contributed by atoms with Crippen molar-refractivity contribution in [1.82, 2.24) is 19.8 Å². The smallest absolute Gasteiger partial charge is 0.203 e. The summed E-state index contributed by atoms with van der Waals surface area (Å²) in [5.74, 6) is 1.84. The van der Waals surface area contributed by atoms with Crippen LogP contribution in [0, 0.1) is 0 Å². The first kappa shape index (κ1) is 24.0. The van der Waals surface area contributed by atoms with E-state index >= 15 is 0 Å². The fraction of sp³-hybridized carbons (Fsp3) is 0.407. The molecule has 0 radical (unpaired) electrons. The Morgan fingerprint density at radius 2 is 1.41 bits per heavy atom. The number of hydrogen-bond donors (Lipinski definition) is 0. The Bertz CT molecular complexity index is 1030. The maximum atomic E-state index is 5.51. The Kier molecular flexibility index (Phi) is 8.33. The third-order valence-electron chi connectivity index (χ3n) is 6.35. The third-order valence-corrected chi connectivity index (χ3v) is 6.35. The van der Waals surface area contributed by atoms with Crippen molar-refractivity contribution in [2.24, 2.45) is 0 Å². The first-order chi connectivity index (χ1) is 16.7. The molecule has 180 valence electrons. The van der Waals surface area contributed by atoms with Crippen molar-refractivity contribution >= 4 is 0 Å². The first-order valence-corrected chi connectivity index (χ1v) is 11.8. The predicted molar refractivity (Wildman–Crippen MR) is 134 cm³/mol. The summed E-state index contributed by atoms with van der Waals surface area (Å²) in [4.78, 5) is 13.8. The number of piperazine rings is 1. The zero-order chi connectivity index (χ0) is 23.8. The van der Waals surface area contributed by atoms with E-state index in [2.05, 4.69) is 44.0 Å². The van der Waals surface area contributed by atoms with Crippen LogP contribution in [0.2, 0.25) is 0 Å². The van der Waals surface area contributed by atoms with E-state index in [0.29, 0.717) is 17.2 Å². The van der Waals surface area contributed by atoms with E-state index < -0.39 is 0 Å². The van der Waals surface area contributed by atoms with Gasteiger partial charge in [-0.05, 0) is 66.9 Å². The van der Waals surface area contributed by atoms with Crippen LogP contribution in [0.15, 0.2) is 55.0 Å². The number of rotatable bonds is 10. The number of aromatic nitrogens is 2. The van der Waals surface area contributed by atoms with Gasteiger partial charge in [0.15, 0.2) is 11.5 Å². The van der Waals surface area contributed by atoms with Crippen molar-refractivity contribution in [3.05, 3.63) is 66.1 Å². The average Bonchev–Trinajstić information content (AvgIpc) is 2.89. The van der Waals surface area contributed by atoms with Crippen LogP contribution < -0.4 is 14.2 Å². The van der Waals surface area contributed by atoms with E-state index in [1.54, 1.807) is 21.3 Å². The zero-order valence-corrected chi connectivity index (χ0v) is 20.4. The summed E-state index contributed by atoms with van der Waals surface area (Å²) in [7, 11) is 4.87. The molecule has 0 N–H and O–H groups in total. The summed E-state index contributed by atoms with van der Waals surface area (Å²) in [5.41, 5.74) is 4.46. The van der Waals surface area contributed by atoms with Crippen molar-refractivity contribution in [1.29, 1.82) is 0 Å². The molecule has 34 heavy (non-hydrogen) atoms. The summed E-state index contributed by atoms with van der Waals surface area (Å²) in [6, 6.07) is 12.4. The van der Waals surface area contributed by atoms with Crippen LogP contribution in [0.3, 0.4) is 0 Å². The largest absolute Gasteiger partial charge is 0.493 e. The molecule has 0 saturated carbocycles. The molecule has 4 rings (SSSR count). The van der Waals surface area contributed by atoms with E-state index in [0.717, 1.165) is 56.9 Å². The summed E-state index contributed by atoms with van der Waals surface area (Å²) >= 11 is 0. The lowest BCUT2D eigenvalue weighted by Gasteiger charge is -2.34. The second-order valence-electron chi connectivity index (χ2n) is 8.54. The first-order valence-electron chi connectivity index (χ1n) is 11.8. The molecular formula is C27H34N4O3. The Balaban J connectivity index is 1.33. The Morgan fingerprint density at radius 3 is 2.06 bits per heavy atom. The lowest BCUT2D eigenvalue weighted by Crippen LogP contribution is -2.46. The minimum atomic E-state index is 0.587. The van der Waals surface area contributed by atoms with Crippen LogP contribution in [0.25, 0.3) is 11.3 Å². The van der Waals surface area contributed by atoms with Crippen LogP contribution in [0.4, 0.5) is 0 Å². The fourth-order valence-electron chi connectivity index (χ4n) is 4.44. The van der Waals surface area contributed by atoms with Gasteiger partial charge in [0.1, 0.15) is 0 Å². The molecule has 1 aliphatic heterocycles. The summed E-state index contributed by atoms with van der Waals surface area (Å²) in [6.45, 7) is 6.46. The topological polar surface area (TPSA) is 60.0 Å². The number of nitrogens with zero attached hydrogens (tertiary/aromatic N) is 4. The highest BCUT2D eigenvalue weighted by Gasteiger charge is 2.18. The number of benzene rings is 1. The molecular weight excluding hydrogens is 428 g/mol. The molecule has 2 aromatic heterocycles.